The van der Waals surface area contributed by atoms with Crippen LogP contribution in [0.1, 0.15) is 0 Å². The second-order valence-corrected chi connectivity index (χ2v) is 2.59. The van der Waals surface area contributed by atoms with Gasteiger partial charge in [-0.3, -0.25) is 4.79 Å². The van der Waals surface area contributed by atoms with Crippen molar-refractivity contribution in [2.75, 3.05) is 6.61 Å². The summed E-state index contributed by atoms with van der Waals surface area (Å²) in [5.74, 6) is -0.691. The van der Waals surface area contributed by atoms with Gasteiger partial charge in [0, 0.05) is 0 Å². The van der Waals surface area contributed by atoms with Gasteiger partial charge in [0.1, 0.15) is 6.61 Å². The minimum absolute atomic E-state index is 0.299. The number of carboxylic acid groups (broad SMARTS) is 1. The van der Waals surface area contributed by atoms with Crippen molar-refractivity contribution in [3.05, 3.63) is 11.8 Å². The van der Waals surface area contributed by atoms with E-state index in [-0.39, 0.29) is 0 Å². The lowest BCUT2D eigenvalue weighted by Gasteiger charge is -2.02. The summed E-state index contributed by atoms with van der Waals surface area (Å²) in [6, 6.07) is 0. The molecule has 1 rings (SSSR count). The number of rotatable bonds is 2. The van der Waals surface area contributed by atoms with E-state index in [1.54, 1.807) is 6.08 Å². The lowest BCUT2D eigenvalue weighted by Crippen LogP contribution is -2.15. The van der Waals surface area contributed by atoms with E-state index in [0.717, 1.165) is 0 Å². The Kier molecular flexibility index (Phi) is 2.29. The fourth-order valence-electron chi connectivity index (χ4n) is 0.520. The lowest BCUT2D eigenvalue weighted by molar-refractivity contribution is -0.235. The lowest BCUT2D eigenvalue weighted by atomic mass is 10.3. The van der Waals surface area contributed by atoms with E-state index < -0.39 is 10.8 Å². The standard InChI is InChI=1S/C5H5BrO4/c6-4(5(7)8)3-1-2-9-10-3/h1,4H,2H2,(H,7,8). The Morgan fingerprint density at radius 3 is 3.00 bits per heavy atom. The Labute approximate surface area is 65.5 Å². The molecular formula is C5H5BrO4. The van der Waals surface area contributed by atoms with E-state index in [1.807, 2.05) is 0 Å². The number of aliphatic carboxylic acids is 1. The molecule has 1 N–H and O–H groups in total. The highest BCUT2D eigenvalue weighted by Gasteiger charge is 2.23. The summed E-state index contributed by atoms with van der Waals surface area (Å²) >= 11 is 2.90. The monoisotopic (exact) mass is 208 g/mol. The summed E-state index contributed by atoms with van der Waals surface area (Å²) in [6.07, 6.45) is 1.56. The Balaban J connectivity index is 2.55. The molecule has 56 valence electrons. The highest BCUT2D eigenvalue weighted by atomic mass is 79.9. The van der Waals surface area contributed by atoms with Crippen LogP contribution in [0.25, 0.3) is 0 Å². The fourth-order valence-corrected chi connectivity index (χ4v) is 0.783. The Hall–Kier alpha value is -0.550. The van der Waals surface area contributed by atoms with Crippen LogP contribution in [0.3, 0.4) is 0 Å². The molecule has 4 nitrogen and oxygen atoms in total. The predicted molar refractivity (Wildman–Crippen MR) is 35.5 cm³/mol. The SMILES string of the molecule is O=C(O)C(Br)C1=CCOO1. The molecule has 1 heterocycles. The third-order valence-corrected chi connectivity index (χ3v) is 1.82. The van der Waals surface area contributed by atoms with E-state index in [9.17, 15) is 4.79 Å². The second kappa shape index (κ2) is 3.03. The first-order valence-corrected chi connectivity index (χ1v) is 3.50. The summed E-state index contributed by atoms with van der Waals surface area (Å²) in [6.45, 7) is 0.310. The van der Waals surface area contributed by atoms with Gasteiger partial charge in [0.15, 0.2) is 10.6 Å². The van der Waals surface area contributed by atoms with Gasteiger partial charge in [-0.1, -0.05) is 15.9 Å². The van der Waals surface area contributed by atoms with Crippen LogP contribution in [-0.2, 0) is 14.6 Å². The van der Waals surface area contributed by atoms with Crippen LogP contribution >= 0.6 is 15.9 Å². The molecule has 0 fully saturated rings. The van der Waals surface area contributed by atoms with E-state index >= 15 is 0 Å². The van der Waals surface area contributed by atoms with Gasteiger partial charge in [0.25, 0.3) is 0 Å². The van der Waals surface area contributed by atoms with Gasteiger partial charge in [0.05, 0.1) is 0 Å². The Morgan fingerprint density at radius 2 is 2.60 bits per heavy atom. The van der Waals surface area contributed by atoms with Crippen molar-refractivity contribution in [3.63, 3.8) is 0 Å². The number of alkyl halides is 1. The summed E-state index contributed by atoms with van der Waals surface area (Å²) in [5, 5.41) is 8.42. The van der Waals surface area contributed by atoms with Gasteiger partial charge in [-0.2, -0.15) is 4.89 Å². The fraction of sp³-hybridized carbons (Fsp3) is 0.400. The minimum Gasteiger partial charge on any atom is -0.480 e. The van der Waals surface area contributed by atoms with Crippen molar-refractivity contribution in [2.45, 2.75) is 4.83 Å². The predicted octanol–water partition coefficient (Wildman–Crippen LogP) is 0.680. The molecule has 0 spiro atoms. The number of carboxylic acids is 1. The molecule has 1 aliphatic heterocycles. The van der Waals surface area contributed by atoms with Crippen molar-refractivity contribution < 1.29 is 19.7 Å². The maximum atomic E-state index is 10.3. The van der Waals surface area contributed by atoms with Gasteiger partial charge in [-0.15, -0.1) is 0 Å². The van der Waals surface area contributed by atoms with Crippen LogP contribution < -0.4 is 0 Å². The van der Waals surface area contributed by atoms with Crippen molar-refractivity contribution >= 4 is 21.9 Å². The maximum absolute atomic E-state index is 10.3. The molecule has 0 aliphatic carbocycles. The average Bonchev–Trinajstić information content (AvgIpc) is 2.36. The van der Waals surface area contributed by atoms with Crippen LogP contribution in [0, 0.1) is 0 Å². The number of hydrogen-bond donors (Lipinski definition) is 1. The zero-order valence-corrected chi connectivity index (χ0v) is 6.50. The topological polar surface area (TPSA) is 55.8 Å². The van der Waals surface area contributed by atoms with Crippen molar-refractivity contribution in [2.24, 2.45) is 0 Å². The van der Waals surface area contributed by atoms with E-state index in [2.05, 4.69) is 25.7 Å². The van der Waals surface area contributed by atoms with Gasteiger partial charge < -0.3 is 9.99 Å². The van der Waals surface area contributed by atoms with Crippen LogP contribution in [0.15, 0.2) is 11.8 Å². The molecule has 1 unspecified atom stereocenters. The van der Waals surface area contributed by atoms with Crippen LogP contribution in [0.5, 0.6) is 0 Å². The van der Waals surface area contributed by atoms with Gasteiger partial charge >= 0.3 is 5.97 Å². The number of carbonyl (C=O) groups is 1. The highest BCUT2D eigenvalue weighted by Crippen LogP contribution is 2.17. The first-order valence-electron chi connectivity index (χ1n) is 2.58. The molecule has 10 heavy (non-hydrogen) atoms. The smallest absolute Gasteiger partial charge is 0.325 e. The zero-order chi connectivity index (χ0) is 7.56. The van der Waals surface area contributed by atoms with Gasteiger partial charge in [0.2, 0.25) is 0 Å². The zero-order valence-electron chi connectivity index (χ0n) is 4.91. The molecule has 0 aromatic heterocycles. The molecule has 0 amide bonds. The molecule has 0 aromatic carbocycles. The summed E-state index contributed by atoms with van der Waals surface area (Å²) < 4.78 is 0. The van der Waals surface area contributed by atoms with Crippen molar-refractivity contribution in [1.82, 2.24) is 0 Å². The summed E-state index contributed by atoms with van der Waals surface area (Å²) in [4.78, 5) is 18.4. The maximum Gasteiger partial charge on any atom is 0.325 e. The molecule has 0 radical (unpaired) electrons. The number of halogens is 1. The first-order chi connectivity index (χ1) is 4.72. The largest absolute Gasteiger partial charge is 0.480 e. The molecule has 0 saturated carbocycles. The third kappa shape index (κ3) is 1.48. The normalized spacial score (nSPS) is 19.5. The van der Waals surface area contributed by atoms with Crippen LogP contribution in [0.4, 0.5) is 0 Å². The molecule has 5 heteroatoms. The van der Waals surface area contributed by atoms with E-state index in [1.165, 1.54) is 0 Å². The molecular weight excluding hydrogens is 204 g/mol. The van der Waals surface area contributed by atoms with E-state index in [0.29, 0.717) is 12.4 Å². The van der Waals surface area contributed by atoms with Gasteiger partial charge in [-0.05, 0) is 6.08 Å². The minimum atomic E-state index is -0.989. The van der Waals surface area contributed by atoms with Crippen molar-refractivity contribution in [3.8, 4) is 0 Å². The van der Waals surface area contributed by atoms with Crippen LogP contribution in [-0.4, -0.2) is 22.5 Å². The van der Waals surface area contributed by atoms with Crippen molar-refractivity contribution in [1.29, 1.82) is 0 Å². The molecule has 1 aliphatic rings. The molecule has 0 bridgehead atoms. The molecule has 1 atom stereocenters. The van der Waals surface area contributed by atoms with E-state index in [4.69, 9.17) is 5.11 Å². The highest BCUT2D eigenvalue weighted by molar-refractivity contribution is 9.10. The van der Waals surface area contributed by atoms with Gasteiger partial charge in [-0.25, -0.2) is 0 Å². The Bertz CT molecular complexity index is 176. The summed E-state index contributed by atoms with van der Waals surface area (Å²) in [5.41, 5.74) is 0. The second-order valence-electron chi connectivity index (χ2n) is 1.68. The Morgan fingerprint density at radius 1 is 1.90 bits per heavy atom. The molecule has 0 aromatic rings. The third-order valence-electron chi connectivity index (χ3n) is 0.974. The number of hydrogen-bond acceptors (Lipinski definition) is 3. The van der Waals surface area contributed by atoms with Crippen LogP contribution in [0.2, 0.25) is 0 Å². The molecule has 0 saturated heterocycles. The average molecular weight is 209 g/mol. The summed E-state index contributed by atoms with van der Waals surface area (Å²) in [7, 11) is 0. The quantitative estimate of drug-likeness (QED) is 0.536. The first kappa shape index (κ1) is 7.56.